The van der Waals surface area contributed by atoms with Crippen LogP contribution in [-0.4, -0.2) is 47.7 Å². The lowest BCUT2D eigenvalue weighted by Gasteiger charge is -2.51. The van der Waals surface area contributed by atoms with Crippen LogP contribution in [0.25, 0.3) is 0 Å². The Kier molecular flexibility index (Phi) is 13.1. The molecule has 2 aliphatic rings. The summed E-state index contributed by atoms with van der Waals surface area (Å²) < 4.78 is 18.8. The van der Waals surface area contributed by atoms with Crippen molar-refractivity contribution < 1.29 is 23.2 Å². The minimum Gasteiger partial charge on any atom is -0.469 e. The van der Waals surface area contributed by atoms with Crippen molar-refractivity contribution in [2.45, 2.75) is 161 Å². The van der Waals surface area contributed by atoms with Crippen molar-refractivity contribution in [3.8, 4) is 0 Å². The lowest BCUT2D eigenvalue weighted by atomic mass is 9.63. The van der Waals surface area contributed by atoms with Gasteiger partial charge >= 0.3 is 5.97 Å². The topological polar surface area (TPSA) is 61.8 Å². The number of methoxy groups -OCH3 is 1. The predicted molar refractivity (Wildman–Crippen MR) is 181 cm³/mol. The molecule has 2 rings (SSSR count). The molecule has 0 aromatic heterocycles. The lowest BCUT2D eigenvalue weighted by Crippen LogP contribution is -2.51. The summed E-state index contributed by atoms with van der Waals surface area (Å²) in [7, 11) is -2.55. The van der Waals surface area contributed by atoms with E-state index in [0.717, 1.165) is 25.7 Å². The molecule has 0 N–H and O–H groups in total. The second-order valence-electron chi connectivity index (χ2n) is 16.0. The maximum absolute atomic E-state index is 13.4. The van der Waals surface area contributed by atoms with Gasteiger partial charge in [0.2, 0.25) is 0 Å². The molecule has 2 fully saturated rings. The van der Waals surface area contributed by atoms with E-state index in [9.17, 15) is 9.59 Å². The minimum absolute atomic E-state index is 0.0684. The first-order chi connectivity index (χ1) is 19.3. The van der Waals surface area contributed by atoms with Gasteiger partial charge in [-0.25, -0.2) is 0 Å². The Balaban J connectivity index is 2.27. The van der Waals surface area contributed by atoms with Crippen molar-refractivity contribution in [2.24, 2.45) is 17.3 Å². The van der Waals surface area contributed by atoms with Gasteiger partial charge in [0, 0.05) is 24.7 Å². The summed E-state index contributed by atoms with van der Waals surface area (Å²) >= 11 is 0. The van der Waals surface area contributed by atoms with Gasteiger partial charge in [-0.3, -0.25) is 9.59 Å². The first-order valence-corrected chi connectivity index (χ1v) is 22.4. The molecule has 1 unspecified atom stereocenters. The molecule has 0 radical (unpaired) electrons. The zero-order valence-electron chi connectivity index (χ0n) is 29.2. The number of allylic oxidation sites excluding steroid dienone is 2. The van der Waals surface area contributed by atoms with E-state index in [1.165, 1.54) is 26.4 Å². The van der Waals surface area contributed by atoms with Crippen LogP contribution in [0.15, 0.2) is 24.3 Å². The standard InChI is InChI=1S/C35H64O5Si2/c1-13-35(24-19-25-35)31(40-42(11,12)34(5,6)7)22-18-21-28-27(20-16-14-15-17-23-32(37)38-8)29(36)26-30(28)39-41(9,10)33(2,3)4/h14,16,18,21,27-28,30-31H,13,15,17,19-20,22-26H2,1-12H3/b16-14+,21-18+/t27-,28-,30-,31?/m1/s1. The van der Waals surface area contributed by atoms with Gasteiger partial charge in [-0.15, -0.1) is 0 Å². The lowest BCUT2D eigenvalue weighted by molar-refractivity contribution is -0.140. The number of carbonyl (C=O) groups is 2. The Morgan fingerprint density at radius 2 is 1.62 bits per heavy atom. The maximum atomic E-state index is 13.4. The van der Waals surface area contributed by atoms with Gasteiger partial charge in [-0.05, 0) is 86.6 Å². The number of Topliss-reactive ketones (excluding diaryl/α,β-unsaturated/α-hetero) is 1. The third-order valence-electron chi connectivity index (χ3n) is 11.2. The zero-order valence-corrected chi connectivity index (χ0v) is 31.2. The molecule has 4 atom stereocenters. The maximum Gasteiger partial charge on any atom is 0.305 e. The minimum atomic E-state index is -2.05. The quantitative estimate of drug-likeness (QED) is 0.0789. The number of carbonyl (C=O) groups excluding carboxylic acids is 2. The molecule has 5 nitrogen and oxygen atoms in total. The second-order valence-corrected chi connectivity index (χ2v) is 25.6. The van der Waals surface area contributed by atoms with Crippen LogP contribution in [0.5, 0.6) is 0 Å². The smallest absolute Gasteiger partial charge is 0.305 e. The van der Waals surface area contributed by atoms with Crippen LogP contribution in [0.4, 0.5) is 0 Å². The Hall–Kier alpha value is -1.03. The molecular formula is C35H64O5Si2. The van der Waals surface area contributed by atoms with Crippen molar-refractivity contribution >= 4 is 28.4 Å². The van der Waals surface area contributed by atoms with Crippen molar-refractivity contribution in [1.82, 2.24) is 0 Å². The SMILES string of the molecule is CCC1(C(C/C=C/[C@H]2[C@H](O[Si](C)(C)C(C)(C)C)CC(=O)[C@@H]2C/C=C/CCCC(=O)OC)O[Si](C)(C)C(C)(C)C)CCC1. The van der Waals surface area contributed by atoms with Gasteiger partial charge in [0.25, 0.3) is 0 Å². The Morgan fingerprint density at radius 1 is 1.00 bits per heavy atom. The summed E-state index contributed by atoms with van der Waals surface area (Å²) in [6.07, 6.45) is 18.1. The van der Waals surface area contributed by atoms with E-state index in [2.05, 4.69) is 99.0 Å². The van der Waals surface area contributed by atoms with Gasteiger partial charge in [-0.2, -0.15) is 0 Å². The second kappa shape index (κ2) is 14.8. The van der Waals surface area contributed by atoms with Gasteiger partial charge in [0.1, 0.15) is 5.78 Å². The fourth-order valence-electron chi connectivity index (χ4n) is 5.86. The summed E-state index contributed by atoms with van der Waals surface area (Å²) in [6, 6.07) is 0. The first-order valence-electron chi connectivity index (χ1n) is 16.6. The first kappa shape index (κ1) is 37.2. The number of unbranched alkanes of at least 4 members (excludes halogenated alkanes) is 1. The largest absolute Gasteiger partial charge is 0.469 e. The number of hydrogen-bond acceptors (Lipinski definition) is 5. The third-order valence-corrected chi connectivity index (χ3v) is 20.2. The average molecular weight is 621 g/mol. The Morgan fingerprint density at radius 3 is 2.12 bits per heavy atom. The van der Waals surface area contributed by atoms with Gasteiger partial charge < -0.3 is 13.6 Å². The van der Waals surface area contributed by atoms with Crippen molar-refractivity contribution in [2.75, 3.05) is 7.11 Å². The van der Waals surface area contributed by atoms with Crippen LogP contribution in [0.1, 0.15) is 113 Å². The predicted octanol–water partition coefficient (Wildman–Crippen LogP) is 9.79. The number of ketones is 1. The molecule has 2 saturated carbocycles. The molecule has 2 aliphatic carbocycles. The molecule has 0 heterocycles. The summed E-state index contributed by atoms with van der Waals surface area (Å²) in [5, 5.41) is 0.254. The average Bonchev–Trinajstić information content (AvgIpc) is 3.12. The van der Waals surface area contributed by atoms with Crippen molar-refractivity contribution in [1.29, 1.82) is 0 Å². The zero-order chi connectivity index (χ0) is 32.0. The third kappa shape index (κ3) is 9.49. The van der Waals surface area contributed by atoms with Gasteiger partial charge in [0.05, 0.1) is 19.3 Å². The molecular weight excluding hydrogens is 557 g/mol. The Bertz CT molecular complexity index is 944. The van der Waals surface area contributed by atoms with Crippen LogP contribution < -0.4 is 0 Å². The number of esters is 1. The highest BCUT2D eigenvalue weighted by Gasteiger charge is 2.49. The molecule has 242 valence electrons. The summed E-state index contributed by atoms with van der Waals surface area (Å²) in [6.45, 7) is 25.4. The molecule has 0 aromatic rings. The molecule has 42 heavy (non-hydrogen) atoms. The molecule has 0 aliphatic heterocycles. The highest BCUT2D eigenvalue weighted by Crippen LogP contribution is 2.51. The van der Waals surface area contributed by atoms with Crippen molar-refractivity contribution in [3.63, 3.8) is 0 Å². The number of hydrogen-bond donors (Lipinski definition) is 0. The van der Waals surface area contributed by atoms with Crippen LogP contribution in [-0.2, 0) is 23.2 Å². The molecule has 0 saturated heterocycles. The highest BCUT2D eigenvalue weighted by molar-refractivity contribution is 6.74. The summed E-state index contributed by atoms with van der Waals surface area (Å²) in [5.74, 6) is 0.133. The van der Waals surface area contributed by atoms with E-state index >= 15 is 0 Å². The van der Waals surface area contributed by atoms with Crippen LogP contribution in [0.2, 0.25) is 36.3 Å². The number of ether oxygens (including phenoxy) is 1. The van der Waals surface area contributed by atoms with E-state index in [4.69, 9.17) is 13.6 Å². The van der Waals surface area contributed by atoms with Gasteiger partial charge in [0.15, 0.2) is 16.6 Å². The summed E-state index contributed by atoms with van der Waals surface area (Å²) in [4.78, 5) is 24.8. The van der Waals surface area contributed by atoms with Gasteiger partial charge in [-0.1, -0.05) is 79.2 Å². The fraction of sp³-hybridized carbons (Fsp3) is 0.829. The molecule has 0 amide bonds. The van der Waals surface area contributed by atoms with Crippen LogP contribution >= 0.6 is 0 Å². The van der Waals surface area contributed by atoms with E-state index < -0.39 is 16.6 Å². The van der Waals surface area contributed by atoms with Crippen LogP contribution in [0.3, 0.4) is 0 Å². The van der Waals surface area contributed by atoms with Crippen molar-refractivity contribution in [3.05, 3.63) is 24.3 Å². The van der Waals surface area contributed by atoms with E-state index in [0.29, 0.717) is 25.0 Å². The normalized spacial score (nSPS) is 24.4. The Labute approximate surface area is 260 Å². The van der Waals surface area contributed by atoms with E-state index in [1.807, 2.05) is 0 Å². The number of rotatable bonds is 15. The van der Waals surface area contributed by atoms with Crippen LogP contribution in [0, 0.1) is 17.3 Å². The van der Waals surface area contributed by atoms with E-state index in [1.54, 1.807) is 0 Å². The molecule has 0 spiro atoms. The molecule has 0 bridgehead atoms. The summed E-state index contributed by atoms with van der Waals surface area (Å²) in [5.41, 5.74) is 0.273. The molecule has 7 heteroatoms. The monoisotopic (exact) mass is 620 g/mol. The molecule has 0 aromatic carbocycles. The fourth-order valence-corrected chi connectivity index (χ4v) is 8.62. The van der Waals surface area contributed by atoms with E-state index in [-0.39, 0.29) is 45.5 Å². The highest BCUT2D eigenvalue weighted by atomic mass is 28.4.